The fraction of sp³-hybridized carbons (Fsp3) is 0.200. The molecule has 0 aliphatic heterocycles. The van der Waals surface area contributed by atoms with Crippen molar-refractivity contribution in [3.8, 4) is 5.75 Å². The lowest BCUT2D eigenvalue weighted by Gasteiger charge is -2.10. The van der Waals surface area contributed by atoms with Crippen LogP contribution >= 0.6 is 0 Å². The van der Waals surface area contributed by atoms with E-state index in [1.54, 1.807) is 48.5 Å². The fourth-order valence-corrected chi connectivity index (χ4v) is 2.83. The Balaban J connectivity index is 1.57. The molecule has 0 radical (unpaired) electrons. The number of rotatable bonds is 8. The quantitative estimate of drug-likeness (QED) is 0.547. The summed E-state index contributed by atoms with van der Waals surface area (Å²) in [7, 11) is 0. The summed E-state index contributed by atoms with van der Waals surface area (Å²) in [4.78, 5) is 24.8. The van der Waals surface area contributed by atoms with Crippen LogP contribution in [0.5, 0.6) is 5.75 Å². The Labute approximate surface area is 177 Å². The van der Waals surface area contributed by atoms with Gasteiger partial charge in [-0.3, -0.25) is 9.59 Å². The van der Waals surface area contributed by atoms with Crippen LogP contribution in [0.3, 0.4) is 0 Å². The van der Waals surface area contributed by atoms with Crippen LogP contribution < -0.4 is 15.4 Å². The monoisotopic (exact) mass is 402 g/mol. The van der Waals surface area contributed by atoms with Crippen molar-refractivity contribution in [1.82, 2.24) is 0 Å². The zero-order valence-electron chi connectivity index (χ0n) is 17.2. The van der Waals surface area contributed by atoms with Crippen molar-refractivity contribution < 1.29 is 14.3 Å². The third-order valence-corrected chi connectivity index (χ3v) is 4.31. The zero-order valence-corrected chi connectivity index (χ0v) is 17.2. The first-order valence-electron chi connectivity index (χ1n) is 9.97. The SMILES string of the molecule is CC(C)COc1ccc(C(=O)Nc2cccc(NC(=O)Cc3ccccc3)c2)cc1. The van der Waals surface area contributed by atoms with E-state index in [1.807, 2.05) is 30.3 Å². The second-order valence-electron chi connectivity index (χ2n) is 7.47. The van der Waals surface area contributed by atoms with Crippen molar-refractivity contribution in [3.63, 3.8) is 0 Å². The Kier molecular flexibility index (Phi) is 7.22. The maximum atomic E-state index is 12.5. The number of benzene rings is 3. The predicted octanol–water partition coefficient (Wildman–Crippen LogP) is 5.15. The highest BCUT2D eigenvalue weighted by Crippen LogP contribution is 2.18. The van der Waals surface area contributed by atoms with Gasteiger partial charge in [-0.2, -0.15) is 0 Å². The third kappa shape index (κ3) is 6.48. The van der Waals surface area contributed by atoms with Gasteiger partial charge in [0.15, 0.2) is 0 Å². The molecule has 0 fully saturated rings. The van der Waals surface area contributed by atoms with Gasteiger partial charge in [0.2, 0.25) is 5.91 Å². The summed E-state index contributed by atoms with van der Waals surface area (Å²) >= 11 is 0. The Hall–Kier alpha value is -3.60. The van der Waals surface area contributed by atoms with Crippen molar-refractivity contribution >= 4 is 23.2 Å². The van der Waals surface area contributed by atoms with Crippen LogP contribution in [0.2, 0.25) is 0 Å². The van der Waals surface area contributed by atoms with Gasteiger partial charge in [-0.1, -0.05) is 50.2 Å². The zero-order chi connectivity index (χ0) is 21.3. The lowest BCUT2D eigenvalue weighted by molar-refractivity contribution is -0.115. The normalized spacial score (nSPS) is 10.5. The molecule has 3 aromatic rings. The first-order valence-corrected chi connectivity index (χ1v) is 9.97. The topological polar surface area (TPSA) is 67.4 Å². The van der Waals surface area contributed by atoms with E-state index >= 15 is 0 Å². The van der Waals surface area contributed by atoms with Gasteiger partial charge in [-0.15, -0.1) is 0 Å². The average Bonchev–Trinajstić information content (AvgIpc) is 2.73. The van der Waals surface area contributed by atoms with E-state index in [4.69, 9.17) is 4.74 Å². The molecule has 0 saturated heterocycles. The van der Waals surface area contributed by atoms with E-state index in [2.05, 4.69) is 24.5 Å². The van der Waals surface area contributed by atoms with Crippen LogP contribution in [0.4, 0.5) is 11.4 Å². The Morgan fingerprint density at radius 2 is 1.50 bits per heavy atom. The molecule has 0 unspecified atom stereocenters. The van der Waals surface area contributed by atoms with Crippen molar-refractivity contribution in [2.45, 2.75) is 20.3 Å². The summed E-state index contributed by atoms with van der Waals surface area (Å²) < 4.78 is 5.64. The van der Waals surface area contributed by atoms with Crippen molar-refractivity contribution in [2.24, 2.45) is 5.92 Å². The van der Waals surface area contributed by atoms with Gasteiger partial charge in [0, 0.05) is 16.9 Å². The smallest absolute Gasteiger partial charge is 0.255 e. The molecule has 0 heterocycles. The van der Waals surface area contributed by atoms with E-state index in [0.717, 1.165) is 11.3 Å². The predicted molar refractivity (Wildman–Crippen MR) is 120 cm³/mol. The van der Waals surface area contributed by atoms with Gasteiger partial charge in [0.25, 0.3) is 5.91 Å². The average molecular weight is 402 g/mol. The summed E-state index contributed by atoms with van der Waals surface area (Å²) in [6, 6.07) is 23.7. The molecule has 2 amide bonds. The van der Waals surface area contributed by atoms with Crippen LogP contribution in [-0.4, -0.2) is 18.4 Å². The molecule has 0 aliphatic rings. The second kappa shape index (κ2) is 10.3. The summed E-state index contributed by atoms with van der Waals surface area (Å²) in [6.07, 6.45) is 0.294. The molecule has 30 heavy (non-hydrogen) atoms. The molecule has 3 rings (SSSR count). The molecule has 154 valence electrons. The summed E-state index contributed by atoms with van der Waals surface area (Å²) in [5.74, 6) is 0.844. The molecule has 5 heteroatoms. The van der Waals surface area contributed by atoms with E-state index in [9.17, 15) is 9.59 Å². The number of nitrogens with one attached hydrogen (secondary N) is 2. The number of hydrogen-bond acceptors (Lipinski definition) is 3. The first-order chi connectivity index (χ1) is 14.5. The lowest BCUT2D eigenvalue weighted by atomic mass is 10.1. The molecule has 0 atom stereocenters. The molecule has 2 N–H and O–H groups in total. The van der Waals surface area contributed by atoms with Crippen molar-refractivity contribution in [1.29, 1.82) is 0 Å². The number of amides is 2. The van der Waals surface area contributed by atoms with Crippen LogP contribution in [0.15, 0.2) is 78.9 Å². The van der Waals surface area contributed by atoms with Crippen molar-refractivity contribution in [2.75, 3.05) is 17.2 Å². The Morgan fingerprint density at radius 1 is 0.833 bits per heavy atom. The summed E-state index contributed by atoms with van der Waals surface area (Å²) in [5.41, 5.74) is 2.72. The number of ether oxygens (including phenoxy) is 1. The Morgan fingerprint density at radius 3 is 2.17 bits per heavy atom. The minimum absolute atomic E-state index is 0.110. The number of carbonyl (C=O) groups is 2. The Bertz CT molecular complexity index is 983. The molecule has 5 nitrogen and oxygen atoms in total. The van der Waals surface area contributed by atoms with Crippen LogP contribution in [0.25, 0.3) is 0 Å². The van der Waals surface area contributed by atoms with Gasteiger partial charge in [-0.05, 0) is 53.9 Å². The van der Waals surface area contributed by atoms with Crippen LogP contribution in [0.1, 0.15) is 29.8 Å². The summed E-state index contributed by atoms with van der Waals surface area (Å²) in [5, 5.41) is 5.73. The van der Waals surface area contributed by atoms with E-state index < -0.39 is 0 Å². The van der Waals surface area contributed by atoms with E-state index in [-0.39, 0.29) is 11.8 Å². The third-order valence-electron chi connectivity index (χ3n) is 4.31. The standard InChI is InChI=1S/C25H26N2O3/c1-18(2)17-30-23-13-11-20(12-14-23)25(29)27-22-10-6-9-21(16-22)26-24(28)15-19-7-4-3-5-8-19/h3-14,16,18H,15,17H2,1-2H3,(H,26,28)(H,27,29). The van der Waals surface area contributed by atoms with Crippen LogP contribution in [0, 0.1) is 5.92 Å². The largest absolute Gasteiger partial charge is 0.493 e. The maximum absolute atomic E-state index is 12.5. The highest BCUT2D eigenvalue weighted by atomic mass is 16.5. The van der Waals surface area contributed by atoms with Gasteiger partial charge < -0.3 is 15.4 Å². The van der Waals surface area contributed by atoms with Crippen LogP contribution in [-0.2, 0) is 11.2 Å². The maximum Gasteiger partial charge on any atom is 0.255 e. The highest BCUT2D eigenvalue weighted by Gasteiger charge is 2.09. The lowest BCUT2D eigenvalue weighted by Crippen LogP contribution is -2.15. The van der Waals surface area contributed by atoms with E-state index in [0.29, 0.717) is 35.9 Å². The number of carbonyl (C=O) groups excluding carboxylic acids is 2. The molecule has 0 aliphatic carbocycles. The molecular weight excluding hydrogens is 376 g/mol. The molecule has 0 spiro atoms. The number of hydrogen-bond donors (Lipinski definition) is 2. The van der Waals surface area contributed by atoms with Gasteiger partial charge in [0.1, 0.15) is 5.75 Å². The van der Waals surface area contributed by atoms with Crippen molar-refractivity contribution in [3.05, 3.63) is 90.0 Å². The molecule has 0 bridgehead atoms. The molecule has 3 aromatic carbocycles. The van der Waals surface area contributed by atoms with Gasteiger partial charge >= 0.3 is 0 Å². The first kappa shape index (κ1) is 21.1. The van der Waals surface area contributed by atoms with E-state index in [1.165, 1.54) is 0 Å². The highest BCUT2D eigenvalue weighted by molar-refractivity contribution is 6.04. The van der Waals surface area contributed by atoms with Gasteiger partial charge in [0.05, 0.1) is 13.0 Å². The minimum atomic E-state index is -0.224. The van der Waals surface area contributed by atoms with Gasteiger partial charge in [-0.25, -0.2) is 0 Å². The second-order valence-corrected chi connectivity index (χ2v) is 7.47. The molecular formula is C25H26N2O3. The molecule has 0 aromatic heterocycles. The minimum Gasteiger partial charge on any atom is -0.493 e. The summed E-state index contributed by atoms with van der Waals surface area (Å²) in [6.45, 7) is 4.80. The molecule has 0 saturated carbocycles. The fourth-order valence-electron chi connectivity index (χ4n) is 2.83. The number of anilines is 2.